The van der Waals surface area contributed by atoms with Crippen molar-refractivity contribution in [2.45, 2.75) is 16.7 Å². The van der Waals surface area contributed by atoms with E-state index < -0.39 is 27.5 Å². The van der Waals surface area contributed by atoms with Gasteiger partial charge in [-0.1, -0.05) is 18.2 Å². The standard InChI is InChI=1S/C14H13N3O4S2/c1-14(12(18)15-13(19)16-14)9-4-6-10(7-5-9)17-23(20,21)11-3-2-8-22-11/h2-8,17H,1H3,(H2,15,16,18,19)/t14-/m0/s1. The number of amides is 3. The third kappa shape index (κ3) is 2.80. The van der Waals surface area contributed by atoms with Gasteiger partial charge in [-0.15, -0.1) is 11.3 Å². The van der Waals surface area contributed by atoms with Gasteiger partial charge in [-0.25, -0.2) is 13.2 Å². The molecule has 1 aromatic carbocycles. The summed E-state index contributed by atoms with van der Waals surface area (Å²) in [6, 6.07) is 8.90. The van der Waals surface area contributed by atoms with E-state index in [4.69, 9.17) is 0 Å². The Balaban J connectivity index is 1.83. The smallest absolute Gasteiger partial charge is 0.320 e. The minimum Gasteiger partial charge on any atom is -0.320 e. The Bertz CT molecular complexity index is 860. The molecule has 3 rings (SSSR count). The predicted molar refractivity (Wildman–Crippen MR) is 85.6 cm³/mol. The largest absolute Gasteiger partial charge is 0.322 e. The number of nitrogens with one attached hydrogen (secondary N) is 3. The Labute approximate surface area is 136 Å². The van der Waals surface area contributed by atoms with Crippen LogP contribution in [0.3, 0.4) is 0 Å². The fraction of sp³-hybridized carbons (Fsp3) is 0.143. The number of thiophene rings is 1. The lowest BCUT2D eigenvalue weighted by molar-refractivity contribution is -0.123. The van der Waals surface area contributed by atoms with Crippen LogP contribution in [-0.4, -0.2) is 20.4 Å². The van der Waals surface area contributed by atoms with E-state index >= 15 is 0 Å². The maximum atomic E-state index is 12.1. The number of rotatable bonds is 4. The van der Waals surface area contributed by atoms with Crippen LogP contribution in [0.1, 0.15) is 12.5 Å². The van der Waals surface area contributed by atoms with Gasteiger partial charge in [0.15, 0.2) is 0 Å². The molecule has 3 amide bonds. The van der Waals surface area contributed by atoms with E-state index in [0.717, 1.165) is 11.3 Å². The van der Waals surface area contributed by atoms with E-state index in [0.29, 0.717) is 11.3 Å². The molecular formula is C14H13N3O4S2. The van der Waals surface area contributed by atoms with Crippen molar-refractivity contribution in [3.05, 3.63) is 47.3 Å². The zero-order valence-corrected chi connectivity index (χ0v) is 13.6. The molecule has 1 aliphatic heterocycles. The van der Waals surface area contributed by atoms with Crippen molar-refractivity contribution in [1.82, 2.24) is 10.6 Å². The van der Waals surface area contributed by atoms with Crippen molar-refractivity contribution < 1.29 is 18.0 Å². The molecule has 7 nitrogen and oxygen atoms in total. The van der Waals surface area contributed by atoms with Crippen LogP contribution in [0, 0.1) is 0 Å². The SMILES string of the molecule is C[C@@]1(c2ccc(NS(=O)(=O)c3cccs3)cc2)NC(=O)NC1=O. The van der Waals surface area contributed by atoms with Gasteiger partial charge in [-0.3, -0.25) is 14.8 Å². The van der Waals surface area contributed by atoms with Gasteiger partial charge in [0.1, 0.15) is 9.75 Å². The first-order valence-corrected chi connectivity index (χ1v) is 8.98. The highest BCUT2D eigenvalue weighted by Crippen LogP contribution is 2.26. The molecule has 1 fully saturated rings. The molecule has 0 unspecified atom stereocenters. The number of benzene rings is 1. The summed E-state index contributed by atoms with van der Waals surface area (Å²) in [5.41, 5.74) is -0.238. The van der Waals surface area contributed by atoms with Gasteiger partial charge in [-0.05, 0) is 36.1 Å². The van der Waals surface area contributed by atoms with Crippen LogP contribution in [-0.2, 0) is 20.4 Å². The maximum Gasteiger partial charge on any atom is 0.322 e. The third-order valence-corrected chi connectivity index (χ3v) is 6.30. The number of hydrogen-bond donors (Lipinski definition) is 3. The molecule has 1 aliphatic rings. The maximum absolute atomic E-state index is 12.1. The molecule has 120 valence electrons. The highest BCUT2D eigenvalue weighted by Gasteiger charge is 2.43. The van der Waals surface area contributed by atoms with Crippen LogP contribution >= 0.6 is 11.3 Å². The molecule has 0 saturated carbocycles. The van der Waals surface area contributed by atoms with E-state index in [1.165, 1.54) is 6.07 Å². The van der Waals surface area contributed by atoms with E-state index in [-0.39, 0.29) is 4.21 Å². The van der Waals surface area contributed by atoms with Crippen LogP contribution in [0.2, 0.25) is 0 Å². The highest BCUT2D eigenvalue weighted by molar-refractivity contribution is 7.94. The summed E-state index contributed by atoms with van der Waals surface area (Å²) in [6.07, 6.45) is 0. The van der Waals surface area contributed by atoms with Crippen LogP contribution in [0.25, 0.3) is 0 Å². The molecule has 0 radical (unpaired) electrons. The van der Waals surface area contributed by atoms with Crippen molar-refractivity contribution in [3.8, 4) is 0 Å². The number of hydrogen-bond acceptors (Lipinski definition) is 5. The number of urea groups is 1. The minimum absolute atomic E-state index is 0.218. The van der Waals surface area contributed by atoms with E-state index in [9.17, 15) is 18.0 Å². The molecule has 9 heteroatoms. The lowest BCUT2D eigenvalue weighted by Gasteiger charge is -2.21. The summed E-state index contributed by atoms with van der Waals surface area (Å²) in [7, 11) is -3.62. The van der Waals surface area contributed by atoms with Gasteiger partial charge in [-0.2, -0.15) is 0 Å². The first-order valence-electron chi connectivity index (χ1n) is 6.62. The summed E-state index contributed by atoms with van der Waals surface area (Å²) in [5.74, 6) is -0.450. The van der Waals surface area contributed by atoms with Gasteiger partial charge in [0.2, 0.25) is 0 Å². The summed E-state index contributed by atoms with van der Waals surface area (Å²) in [5, 5.41) is 6.41. The molecule has 1 atom stereocenters. The van der Waals surface area contributed by atoms with Crippen LogP contribution in [0.5, 0.6) is 0 Å². The van der Waals surface area contributed by atoms with E-state index in [1.807, 2.05) is 0 Å². The number of imide groups is 1. The second-order valence-electron chi connectivity index (χ2n) is 5.15. The van der Waals surface area contributed by atoms with Crippen molar-refractivity contribution in [2.75, 3.05) is 4.72 Å². The summed E-state index contributed by atoms with van der Waals surface area (Å²) < 4.78 is 27.0. The van der Waals surface area contributed by atoms with Crippen molar-refractivity contribution >= 4 is 39.0 Å². The van der Waals surface area contributed by atoms with Gasteiger partial charge in [0.25, 0.3) is 15.9 Å². The Morgan fingerprint density at radius 3 is 2.35 bits per heavy atom. The average molecular weight is 351 g/mol. The quantitative estimate of drug-likeness (QED) is 0.728. The van der Waals surface area contributed by atoms with Crippen LogP contribution < -0.4 is 15.4 Å². The predicted octanol–water partition coefficient (Wildman–Crippen LogP) is 1.60. The summed E-state index contributed by atoms with van der Waals surface area (Å²) >= 11 is 1.12. The molecule has 3 N–H and O–H groups in total. The zero-order chi connectivity index (χ0) is 16.7. The monoisotopic (exact) mass is 351 g/mol. The molecule has 0 spiro atoms. The van der Waals surface area contributed by atoms with Gasteiger partial charge in [0, 0.05) is 5.69 Å². The topological polar surface area (TPSA) is 104 Å². The number of carbonyl (C=O) groups excluding carboxylic acids is 2. The second-order valence-corrected chi connectivity index (χ2v) is 8.01. The molecule has 1 aromatic heterocycles. The number of sulfonamides is 1. The normalized spacial score (nSPS) is 20.9. The fourth-order valence-corrected chi connectivity index (χ4v) is 4.29. The lowest BCUT2D eigenvalue weighted by atomic mass is 9.92. The Kier molecular flexibility index (Phi) is 3.61. The molecule has 1 saturated heterocycles. The van der Waals surface area contributed by atoms with Gasteiger partial charge >= 0.3 is 6.03 Å². The second kappa shape index (κ2) is 5.36. The summed E-state index contributed by atoms with van der Waals surface area (Å²) in [6.45, 7) is 1.58. The lowest BCUT2D eigenvalue weighted by Crippen LogP contribution is -2.40. The number of carbonyl (C=O) groups is 2. The van der Waals surface area contributed by atoms with Gasteiger partial charge in [0.05, 0.1) is 0 Å². The first-order chi connectivity index (χ1) is 10.8. The van der Waals surface area contributed by atoms with E-state index in [1.54, 1.807) is 42.6 Å². The summed E-state index contributed by atoms with van der Waals surface area (Å²) in [4.78, 5) is 23.2. The van der Waals surface area contributed by atoms with E-state index in [2.05, 4.69) is 15.4 Å². The molecule has 2 heterocycles. The molecular weight excluding hydrogens is 338 g/mol. The molecule has 0 aliphatic carbocycles. The average Bonchev–Trinajstić information content (AvgIpc) is 3.09. The van der Waals surface area contributed by atoms with Crippen molar-refractivity contribution in [1.29, 1.82) is 0 Å². The van der Waals surface area contributed by atoms with Gasteiger partial charge < -0.3 is 5.32 Å². The molecule has 23 heavy (non-hydrogen) atoms. The Morgan fingerprint density at radius 1 is 1.13 bits per heavy atom. The first kappa shape index (κ1) is 15.5. The third-order valence-electron chi connectivity index (χ3n) is 3.52. The Hall–Kier alpha value is -2.39. The van der Waals surface area contributed by atoms with Crippen LogP contribution in [0.4, 0.5) is 10.5 Å². The van der Waals surface area contributed by atoms with Crippen molar-refractivity contribution in [3.63, 3.8) is 0 Å². The zero-order valence-electron chi connectivity index (χ0n) is 12.0. The molecule has 2 aromatic rings. The van der Waals surface area contributed by atoms with Crippen LogP contribution in [0.15, 0.2) is 46.0 Å². The Morgan fingerprint density at radius 2 is 1.83 bits per heavy atom. The number of anilines is 1. The fourth-order valence-electron chi connectivity index (χ4n) is 2.24. The minimum atomic E-state index is -3.62. The van der Waals surface area contributed by atoms with Crippen molar-refractivity contribution in [2.24, 2.45) is 0 Å². The molecule has 0 bridgehead atoms. The highest BCUT2D eigenvalue weighted by atomic mass is 32.2.